The predicted octanol–water partition coefficient (Wildman–Crippen LogP) is 3.00. The molecule has 1 atom stereocenters. The highest BCUT2D eigenvalue weighted by Crippen LogP contribution is 2.25. The standard InChI is InChI=1S/C23H28N4O2S/c1-5-20(26(2)3)21-24-25-23(27(21)15-17-9-7-6-8-10-17)30-16-18-11-13-19(14-12-18)22(28)29-4/h6-14,20H,5,15-16H2,1-4H3/p+1/t20-/m0/s1. The summed E-state index contributed by atoms with van der Waals surface area (Å²) in [5.41, 5.74) is 2.90. The Morgan fingerprint density at radius 1 is 1.07 bits per heavy atom. The van der Waals surface area contributed by atoms with Crippen molar-refractivity contribution in [3.8, 4) is 0 Å². The minimum Gasteiger partial charge on any atom is -0.465 e. The van der Waals surface area contributed by atoms with Gasteiger partial charge in [-0.15, -0.1) is 10.2 Å². The molecule has 30 heavy (non-hydrogen) atoms. The highest BCUT2D eigenvalue weighted by Gasteiger charge is 2.25. The Bertz CT molecular complexity index is 955. The van der Waals surface area contributed by atoms with Crippen LogP contribution in [0.3, 0.4) is 0 Å². The topological polar surface area (TPSA) is 61.4 Å². The molecule has 1 aromatic heterocycles. The molecule has 3 aromatic rings. The first-order valence-electron chi connectivity index (χ1n) is 10.1. The Kier molecular flexibility index (Phi) is 7.65. The van der Waals surface area contributed by atoms with Gasteiger partial charge >= 0.3 is 5.97 Å². The number of hydrogen-bond donors (Lipinski definition) is 1. The lowest BCUT2D eigenvalue weighted by atomic mass is 10.1. The predicted molar refractivity (Wildman–Crippen MR) is 119 cm³/mol. The molecule has 0 fully saturated rings. The lowest BCUT2D eigenvalue weighted by Gasteiger charge is -2.20. The average Bonchev–Trinajstić information content (AvgIpc) is 3.15. The molecule has 0 saturated carbocycles. The quantitative estimate of drug-likeness (QED) is 0.422. The Hall–Kier alpha value is -2.64. The van der Waals surface area contributed by atoms with E-state index in [9.17, 15) is 4.79 Å². The Labute approximate surface area is 182 Å². The van der Waals surface area contributed by atoms with Crippen LogP contribution in [0.4, 0.5) is 0 Å². The van der Waals surface area contributed by atoms with E-state index in [4.69, 9.17) is 4.74 Å². The number of carbonyl (C=O) groups is 1. The van der Waals surface area contributed by atoms with Gasteiger partial charge in [0.2, 0.25) is 0 Å². The number of esters is 1. The summed E-state index contributed by atoms with van der Waals surface area (Å²) < 4.78 is 7.01. The van der Waals surface area contributed by atoms with Crippen LogP contribution >= 0.6 is 11.8 Å². The maximum atomic E-state index is 11.6. The van der Waals surface area contributed by atoms with E-state index in [-0.39, 0.29) is 12.0 Å². The molecule has 2 aromatic carbocycles. The van der Waals surface area contributed by atoms with Gasteiger partial charge in [0.05, 0.1) is 33.3 Å². The number of ether oxygens (including phenoxy) is 1. The SMILES string of the molecule is CC[C@@H](c1nnc(SCc2ccc(C(=O)OC)cc2)n1Cc1ccccc1)[NH+](C)C. The minimum atomic E-state index is -0.321. The average molecular weight is 426 g/mol. The molecule has 0 bridgehead atoms. The first-order valence-corrected chi connectivity index (χ1v) is 11.1. The molecule has 0 amide bonds. The summed E-state index contributed by atoms with van der Waals surface area (Å²) in [7, 11) is 5.71. The van der Waals surface area contributed by atoms with E-state index >= 15 is 0 Å². The number of thioether (sulfide) groups is 1. The van der Waals surface area contributed by atoms with Crippen molar-refractivity contribution < 1.29 is 14.4 Å². The molecule has 0 aliphatic heterocycles. The molecule has 0 unspecified atom stereocenters. The summed E-state index contributed by atoms with van der Waals surface area (Å²) in [6.07, 6.45) is 0.995. The maximum absolute atomic E-state index is 11.6. The molecule has 158 valence electrons. The third kappa shape index (κ3) is 5.29. The van der Waals surface area contributed by atoms with Crippen LogP contribution in [0, 0.1) is 0 Å². The fourth-order valence-corrected chi connectivity index (χ4v) is 4.33. The molecular weight excluding hydrogens is 396 g/mol. The van der Waals surface area contributed by atoms with Crippen molar-refractivity contribution in [2.45, 2.75) is 36.8 Å². The molecule has 0 aliphatic rings. The number of benzene rings is 2. The number of nitrogens with one attached hydrogen (secondary N) is 1. The van der Waals surface area contributed by atoms with Gasteiger partial charge in [-0.05, 0) is 23.3 Å². The van der Waals surface area contributed by atoms with Crippen molar-refractivity contribution >= 4 is 17.7 Å². The highest BCUT2D eigenvalue weighted by atomic mass is 32.2. The van der Waals surface area contributed by atoms with E-state index < -0.39 is 0 Å². The molecular formula is C23H29N4O2S+. The van der Waals surface area contributed by atoms with Crippen molar-refractivity contribution in [2.24, 2.45) is 0 Å². The highest BCUT2D eigenvalue weighted by molar-refractivity contribution is 7.98. The fraction of sp³-hybridized carbons (Fsp3) is 0.348. The van der Waals surface area contributed by atoms with Crippen LogP contribution in [0.25, 0.3) is 0 Å². The largest absolute Gasteiger partial charge is 0.465 e. The zero-order valence-electron chi connectivity index (χ0n) is 18.0. The molecule has 0 saturated heterocycles. The molecule has 0 aliphatic carbocycles. The maximum Gasteiger partial charge on any atom is 0.337 e. The molecule has 1 N–H and O–H groups in total. The van der Waals surface area contributed by atoms with Crippen LogP contribution in [0.5, 0.6) is 0 Å². The summed E-state index contributed by atoms with van der Waals surface area (Å²) in [6, 6.07) is 18.2. The first-order chi connectivity index (χ1) is 14.5. The van der Waals surface area contributed by atoms with E-state index in [1.165, 1.54) is 17.6 Å². The number of methoxy groups -OCH3 is 1. The third-order valence-electron chi connectivity index (χ3n) is 5.09. The van der Waals surface area contributed by atoms with Crippen molar-refractivity contribution in [3.05, 3.63) is 77.1 Å². The number of aromatic nitrogens is 3. The summed E-state index contributed by atoms with van der Waals surface area (Å²) in [6.45, 7) is 2.94. The van der Waals surface area contributed by atoms with Crippen molar-refractivity contribution in [2.75, 3.05) is 21.2 Å². The molecule has 0 spiro atoms. The lowest BCUT2D eigenvalue weighted by Crippen LogP contribution is -3.06. The fourth-order valence-electron chi connectivity index (χ4n) is 3.43. The summed E-state index contributed by atoms with van der Waals surface area (Å²) in [5, 5.41) is 10.0. The van der Waals surface area contributed by atoms with Crippen molar-refractivity contribution in [1.29, 1.82) is 0 Å². The van der Waals surface area contributed by atoms with E-state index in [1.807, 2.05) is 18.2 Å². The van der Waals surface area contributed by atoms with Gasteiger partial charge < -0.3 is 9.64 Å². The van der Waals surface area contributed by atoms with E-state index in [0.717, 1.165) is 35.3 Å². The number of rotatable bonds is 9. The minimum absolute atomic E-state index is 0.287. The number of nitrogens with zero attached hydrogens (tertiary/aromatic N) is 3. The molecule has 1 heterocycles. The summed E-state index contributed by atoms with van der Waals surface area (Å²) in [5.74, 6) is 1.45. The van der Waals surface area contributed by atoms with Crippen LogP contribution in [-0.2, 0) is 17.0 Å². The second kappa shape index (κ2) is 10.4. The second-order valence-electron chi connectivity index (χ2n) is 7.43. The zero-order chi connectivity index (χ0) is 21.5. The number of hydrogen-bond acceptors (Lipinski definition) is 5. The number of quaternary nitrogens is 1. The van der Waals surface area contributed by atoms with Gasteiger partial charge in [0.25, 0.3) is 0 Å². The van der Waals surface area contributed by atoms with Gasteiger partial charge in [0.15, 0.2) is 11.0 Å². The lowest BCUT2D eigenvalue weighted by molar-refractivity contribution is -0.893. The van der Waals surface area contributed by atoms with Crippen molar-refractivity contribution in [1.82, 2.24) is 14.8 Å². The van der Waals surface area contributed by atoms with E-state index in [1.54, 1.807) is 23.9 Å². The van der Waals surface area contributed by atoms with E-state index in [0.29, 0.717) is 5.56 Å². The molecule has 3 rings (SSSR count). The van der Waals surface area contributed by atoms with Gasteiger partial charge in [0.1, 0.15) is 6.04 Å². The van der Waals surface area contributed by atoms with Crippen LogP contribution in [0.1, 0.15) is 46.7 Å². The first kappa shape index (κ1) is 22.1. The number of carbonyl (C=O) groups excluding carboxylic acids is 1. The Morgan fingerprint density at radius 3 is 2.37 bits per heavy atom. The van der Waals surface area contributed by atoms with Gasteiger partial charge in [-0.25, -0.2) is 4.79 Å². The van der Waals surface area contributed by atoms with Crippen molar-refractivity contribution in [3.63, 3.8) is 0 Å². The zero-order valence-corrected chi connectivity index (χ0v) is 18.8. The monoisotopic (exact) mass is 425 g/mol. The Balaban J connectivity index is 1.83. The molecule has 7 heteroatoms. The second-order valence-corrected chi connectivity index (χ2v) is 8.37. The molecule has 0 radical (unpaired) electrons. The van der Waals surface area contributed by atoms with Crippen LogP contribution < -0.4 is 4.90 Å². The van der Waals surface area contributed by atoms with Crippen LogP contribution in [-0.4, -0.2) is 41.9 Å². The van der Waals surface area contributed by atoms with Gasteiger partial charge in [0, 0.05) is 12.2 Å². The summed E-state index contributed by atoms with van der Waals surface area (Å²) >= 11 is 1.66. The van der Waals surface area contributed by atoms with Crippen LogP contribution in [0.15, 0.2) is 59.8 Å². The van der Waals surface area contributed by atoms with Gasteiger partial charge in [-0.3, -0.25) is 4.57 Å². The van der Waals surface area contributed by atoms with Gasteiger partial charge in [-0.1, -0.05) is 61.2 Å². The third-order valence-corrected chi connectivity index (χ3v) is 6.13. The Morgan fingerprint density at radius 2 is 1.77 bits per heavy atom. The van der Waals surface area contributed by atoms with Crippen LogP contribution in [0.2, 0.25) is 0 Å². The van der Waals surface area contributed by atoms with E-state index in [2.05, 4.69) is 60.0 Å². The normalized spacial score (nSPS) is 12.2. The summed E-state index contributed by atoms with van der Waals surface area (Å²) in [4.78, 5) is 13.0. The molecule has 6 nitrogen and oxygen atoms in total. The smallest absolute Gasteiger partial charge is 0.337 e. The van der Waals surface area contributed by atoms with Gasteiger partial charge in [-0.2, -0.15) is 0 Å².